The van der Waals surface area contributed by atoms with Gasteiger partial charge in [0.1, 0.15) is 12.0 Å². The molecule has 3 heterocycles. The van der Waals surface area contributed by atoms with Crippen molar-refractivity contribution >= 4 is 16.9 Å². The van der Waals surface area contributed by atoms with Crippen molar-refractivity contribution in [3.8, 4) is 11.3 Å². The Morgan fingerprint density at radius 3 is 2.70 bits per heavy atom. The van der Waals surface area contributed by atoms with Gasteiger partial charge in [-0.2, -0.15) is 5.10 Å². The summed E-state index contributed by atoms with van der Waals surface area (Å²) in [6.07, 6.45) is 0.381. The lowest BCUT2D eigenvalue weighted by atomic mass is 10.1. The zero-order chi connectivity index (χ0) is 18.8. The number of hydrogen-bond acceptors (Lipinski definition) is 4. The number of halogens is 2. The first-order valence-electron chi connectivity index (χ1n) is 8.10. The molecule has 9 heteroatoms. The molecule has 136 valence electrons. The summed E-state index contributed by atoms with van der Waals surface area (Å²) < 4.78 is 27.4. The van der Waals surface area contributed by atoms with Crippen molar-refractivity contribution in [2.24, 2.45) is 0 Å². The molecule has 0 atom stereocenters. The summed E-state index contributed by atoms with van der Waals surface area (Å²) in [4.78, 5) is 20.3. The van der Waals surface area contributed by atoms with E-state index in [-0.39, 0.29) is 18.1 Å². The Balaban J connectivity index is 1.70. The quantitative estimate of drug-likeness (QED) is 0.566. The van der Waals surface area contributed by atoms with Gasteiger partial charge in [-0.15, -0.1) is 0 Å². The Morgan fingerprint density at radius 1 is 1.19 bits per heavy atom. The summed E-state index contributed by atoms with van der Waals surface area (Å²) >= 11 is 0. The number of aromatic amines is 1. The molecule has 0 saturated heterocycles. The fourth-order valence-corrected chi connectivity index (χ4v) is 2.83. The molecule has 0 aliphatic rings. The monoisotopic (exact) mass is 368 g/mol. The number of rotatable bonds is 5. The number of alkyl halides is 2. The average Bonchev–Trinajstić information content (AvgIpc) is 3.34. The zero-order valence-electron chi connectivity index (χ0n) is 13.9. The van der Waals surface area contributed by atoms with Crippen LogP contribution in [-0.4, -0.2) is 30.6 Å². The fraction of sp³-hybridized carbons (Fsp3) is 0.111. The van der Waals surface area contributed by atoms with E-state index in [1.807, 2.05) is 18.2 Å². The number of amides is 1. The number of aromatic nitrogens is 5. The molecule has 0 aliphatic heterocycles. The first-order valence-corrected chi connectivity index (χ1v) is 8.10. The molecule has 0 aliphatic carbocycles. The summed E-state index contributed by atoms with van der Waals surface area (Å²) in [6, 6.07) is 11.7. The smallest absolute Gasteiger partial charge is 0.289 e. The van der Waals surface area contributed by atoms with Crippen LogP contribution in [0.2, 0.25) is 0 Å². The Bertz CT molecular complexity index is 1070. The number of carbonyl (C=O) groups excluding carboxylic acids is 1. The van der Waals surface area contributed by atoms with Crippen molar-refractivity contribution in [1.29, 1.82) is 0 Å². The maximum atomic E-state index is 12.8. The maximum Gasteiger partial charge on any atom is 0.289 e. The van der Waals surface area contributed by atoms with E-state index in [1.165, 1.54) is 18.5 Å². The second-order valence-corrected chi connectivity index (χ2v) is 5.79. The van der Waals surface area contributed by atoms with Gasteiger partial charge in [-0.1, -0.05) is 24.3 Å². The number of pyridine rings is 1. The van der Waals surface area contributed by atoms with Crippen molar-refractivity contribution in [2.75, 3.05) is 0 Å². The van der Waals surface area contributed by atoms with E-state index in [4.69, 9.17) is 0 Å². The molecule has 0 radical (unpaired) electrons. The van der Waals surface area contributed by atoms with Crippen LogP contribution in [0, 0.1) is 0 Å². The van der Waals surface area contributed by atoms with E-state index in [9.17, 15) is 13.6 Å². The highest BCUT2D eigenvalue weighted by atomic mass is 19.3. The lowest BCUT2D eigenvalue weighted by Gasteiger charge is -2.11. The Hall–Kier alpha value is -3.62. The minimum absolute atomic E-state index is 0.0434. The Kier molecular flexibility index (Phi) is 4.33. The molecule has 1 amide bonds. The van der Waals surface area contributed by atoms with Crippen LogP contribution in [0.1, 0.15) is 22.6 Å². The summed E-state index contributed by atoms with van der Waals surface area (Å²) in [5.74, 6) is -0.313. The van der Waals surface area contributed by atoms with Crippen LogP contribution in [0.15, 0.2) is 55.0 Å². The standard InChI is InChI=1S/C18H14F2N6O/c19-15(20)12-5-3-11(4-6-12)14-8-13-2-1-7-21-17(13)26(14)10-23-18(27)16-22-9-24-25-16/h1-9,15H,10H2,(H,23,27)(H,22,24,25). The molecule has 2 N–H and O–H groups in total. The van der Waals surface area contributed by atoms with E-state index in [1.54, 1.807) is 22.9 Å². The predicted octanol–water partition coefficient (Wildman–Crippen LogP) is 3.15. The number of hydrogen-bond donors (Lipinski definition) is 2. The first kappa shape index (κ1) is 16.8. The normalized spacial score (nSPS) is 11.2. The molecule has 0 bridgehead atoms. The third-order valence-corrected chi connectivity index (χ3v) is 4.14. The Morgan fingerprint density at radius 2 is 2.00 bits per heavy atom. The maximum absolute atomic E-state index is 12.8. The topological polar surface area (TPSA) is 88.5 Å². The van der Waals surface area contributed by atoms with Crippen molar-refractivity contribution < 1.29 is 13.6 Å². The molecule has 27 heavy (non-hydrogen) atoms. The van der Waals surface area contributed by atoms with Crippen LogP contribution in [0.4, 0.5) is 8.78 Å². The van der Waals surface area contributed by atoms with Gasteiger partial charge in [0.05, 0.1) is 12.4 Å². The largest absolute Gasteiger partial charge is 0.331 e. The van der Waals surface area contributed by atoms with Gasteiger partial charge in [-0.3, -0.25) is 9.89 Å². The molecule has 7 nitrogen and oxygen atoms in total. The van der Waals surface area contributed by atoms with Crippen LogP contribution in [0.5, 0.6) is 0 Å². The van der Waals surface area contributed by atoms with Gasteiger partial charge < -0.3 is 9.88 Å². The summed E-state index contributed by atoms with van der Waals surface area (Å²) in [6.45, 7) is 0.131. The van der Waals surface area contributed by atoms with Crippen molar-refractivity contribution in [3.63, 3.8) is 0 Å². The highest BCUT2D eigenvalue weighted by Gasteiger charge is 2.15. The number of benzene rings is 1. The van der Waals surface area contributed by atoms with E-state index >= 15 is 0 Å². The second kappa shape index (κ2) is 6.94. The highest BCUT2D eigenvalue weighted by molar-refractivity contribution is 5.90. The molecule has 4 aromatic rings. The molecular formula is C18H14F2N6O. The van der Waals surface area contributed by atoms with Gasteiger partial charge in [-0.25, -0.2) is 18.7 Å². The molecule has 4 rings (SSSR count). The number of fused-ring (bicyclic) bond motifs is 1. The lowest BCUT2D eigenvalue weighted by molar-refractivity contribution is 0.0933. The van der Waals surface area contributed by atoms with E-state index in [0.717, 1.165) is 16.6 Å². The predicted molar refractivity (Wildman–Crippen MR) is 94.0 cm³/mol. The van der Waals surface area contributed by atoms with Crippen LogP contribution >= 0.6 is 0 Å². The third-order valence-electron chi connectivity index (χ3n) is 4.14. The minimum atomic E-state index is -2.52. The highest BCUT2D eigenvalue weighted by Crippen LogP contribution is 2.28. The van der Waals surface area contributed by atoms with Crippen LogP contribution in [-0.2, 0) is 6.67 Å². The van der Waals surface area contributed by atoms with Gasteiger partial charge in [-0.05, 0) is 23.8 Å². The summed E-state index contributed by atoms with van der Waals surface area (Å²) in [5, 5.41) is 9.77. The molecular weight excluding hydrogens is 354 g/mol. The number of H-pyrrole nitrogens is 1. The SMILES string of the molecule is O=C(NCn1c(-c2ccc(C(F)F)cc2)cc2cccnc21)c1ncn[nH]1. The molecule has 0 saturated carbocycles. The average molecular weight is 368 g/mol. The second-order valence-electron chi connectivity index (χ2n) is 5.79. The van der Waals surface area contributed by atoms with Crippen LogP contribution in [0.25, 0.3) is 22.3 Å². The fourth-order valence-electron chi connectivity index (χ4n) is 2.83. The lowest BCUT2D eigenvalue weighted by Crippen LogP contribution is -2.27. The molecule has 3 aromatic heterocycles. The van der Waals surface area contributed by atoms with Crippen LogP contribution < -0.4 is 5.32 Å². The van der Waals surface area contributed by atoms with E-state index in [2.05, 4.69) is 25.5 Å². The first-order chi connectivity index (χ1) is 13.1. The van der Waals surface area contributed by atoms with E-state index in [0.29, 0.717) is 5.65 Å². The number of nitrogens with zero attached hydrogens (tertiary/aromatic N) is 4. The minimum Gasteiger partial charge on any atom is -0.331 e. The summed E-state index contributed by atoms with van der Waals surface area (Å²) in [7, 11) is 0. The molecule has 0 unspecified atom stereocenters. The zero-order valence-corrected chi connectivity index (χ0v) is 13.9. The van der Waals surface area contributed by atoms with E-state index < -0.39 is 12.3 Å². The Labute approximate surface area is 152 Å². The number of carbonyl (C=O) groups is 1. The van der Waals surface area contributed by atoms with Gasteiger partial charge in [0.15, 0.2) is 0 Å². The van der Waals surface area contributed by atoms with Crippen LogP contribution in [0.3, 0.4) is 0 Å². The van der Waals surface area contributed by atoms with Gasteiger partial charge >= 0.3 is 0 Å². The van der Waals surface area contributed by atoms with Gasteiger partial charge in [0, 0.05) is 17.1 Å². The number of nitrogens with one attached hydrogen (secondary N) is 2. The van der Waals surface area contributed by atoms with Crippen molar-refractivity contribution in [2.45, 2.75) is 13.1 Å². The molecule has 0 fully saturated rings. The van der Waals surface area contributed by atoms with Crippen molar-refractivity contribution in [1.82, 2.24) is 30.0 Å². The molecule has 0 spiro atoms. The van der Waals surface area contributed by atoms with Gasteiger partial charge in [0.25, 0.3) is 12.3 Å². The summed E-state index contributed by atoms with van der Waals surface area (Å²) in [5.41, 5.74) is 2.12. The molecule has 1 aromatic carbocycles. The van der Waals surface area contributed by atoms with Gasteiger partial charge in [0.2, 0.25) is 5.82 Å². The third kappa shape index (κ3) is 3.26. The van der Waals surface area contributed by atoms with Crippen molar-refractivity contribution in [3.05, 3.63) is 66.4 Å².